The van der Waals surface area contributed by atoms with Gasteiger partial charge in [-0.25, -0.2) is 0 Å². The van der Waals surface area contributed by atoms with Crippen molar-refractivity contribution in [1.29, 1.82) is 5.26 Å². The van der Waals surface area contributed by atoms with Crippen molar-refractivity contribution in [2.45, 2.75) is 39.0 Å². The van der Waals surface area contributed by atoms with Crippen molar-refractivity contribution < 1.29 is 0 Å². The van der Waals surface area contributed by atoms with Gasteiger partial charge in [0.15, 0.2) is 5.96 Å². The van der Waals surface area contributed by atoms with Gasteiger partial charge in [-0.3, -0.25) is 4.99 Å². The van der Waals surface area contributed by atoms with Crippen LogP contribution in [0.25, 0.3) is 0 Å². The summed E-state index contributed by atoms with van der Waals surface area (Å²) in [5.74, 6) is 1.34. The van der Waals surface area contributed by atoms with Gasteiger partial charge < -0.3 is 10.6 Å². The van der Waals surface area contributed by atoms with Crippen molar-refractivity contribution in [2.24, 2.45) is 22.1 Å². The van der Waals surface area contributed by atoms with E-state index in [0.29, 0.717) is 18.4 Å². The third kappa shape index (κ3) is 2.71. The van der Waals surface area contributed by atoms with Gasteiger partial charge in [0, 0.05) is 13.1 Å². The first kappa shape index (κ1) is 12.2. The Bertz CT molecular complexity index is 338. The van der Waals surface area contributed by atoms with Crippen LogP contribution in [0, 0.1) is 22.7 Å². The molecular formula is C13H22N4. The van der Waals surface area contributed by atoms with Crippen LogP contribution in [0.1, 0.15) is 39.0 Å². The predicted octanol–water partition coefficient (Wildman–Crippen LogP) is 1.73. The van der Waals surface area contributed by atoms with Crippen LogP contribution in [-0.2, 0) is 0 Å². The fraction of sp³-hybridized carbons (Fsp3) is 0.846. The van der Waals surface area contributed by atoms with E-state index in [4.69, 9.17) is 11.0 Å². The van der Waals surface area contributed by atoms with Crippen molar-refractivity contribution in [3.05, 3.63) is 0 Å². The molecule has 94 valence electrons. The number of rotatable bonds is 2. The molecule has 2 N–H and O–H groups in total. The Balaban J connectivity index is 1.90. The molecule has 0 aromatic rings. The van der Waals surface area contributed by atoms with Gasteiger partial charge in [-0.05, 0) is 31.6 Å². The summed E-state index contributed by atoms with van der Waals surface area (Å²) < 4.78 is 0. The first-order valence-electron chi connectivity index (χ1n) is 6.61. The average Bonchev–Trinajstić information content (AvgIpc) is 2.28. The summed E-state index contributed by atoms with van der Waals surface area (Å²) in [6.07, 6.45) is 5.60. The van der Waals surface area contributed by atoms with Gasteiger partial charge in [-0.2, -0.15) is 5.26 Å². The van der Waals surface area contributed by atoms with E-state index in [-0.39, 0.29) is 5.41 Å². The third-order valence-corrected chi connectivity index (χ3v) is 4.07. The van der Waals surface area contributed by atoms with Crippen molar-refractivity contribution >= 4 is 5.96 Å². The Hall–Kier alpha value is -1.24. The maximum atomic E-state index is 9.13. The van der Waals surface area contributed by atoms with Gasteiger partial charge in [-0.15, -0.1) is 0 Å². The van der Waals surface area contributed by atoms with E-state index in [1.165, 1.54) is 12.8 Å². The first-order valence-corrected chi connectivity index (χ1v) is 6.61. The molecule has 0 aromatic carbocycles. The highest BCUT2D eigenvalue weighted by Gasteiger charge is 2.37. The Morgan fingerprint density at radius 2 is 2.29 bits per heavy atom. The smallest absolute Gasteiger partial charge is 0.191 e. The molecule has 0 bridgehead atoms. The molecule has 0 radical (unpaired) electrons. The van der Waals surface area contributed by atoms with E-state index < -0.39 is 0 Å². The standard InChI is InChI=1S/C13H22N4/c1-11-4-2-7-17(8-11)12(15)16-10-13(9-14)5-3-6-13/h11H,2-8,10H2,1H3,(H2,15,16). The van der Waals surface area contributed by atoms with E-state index in [1.54, 1.807) is 0 Å². The normalized spacial score (nSPS) is 28.4. The van der Waals surface area contributed by atoms with E-state index in [0.717, 1.165) is 32.4 Å². The van der Waals surface area contributed by atoms with E-state index in [1.807, 2.05) is 0 Å². The topological polar surface area (TPSA) is 65.4 Å². The minimum atomic E-state index is -0.202. The molecule has 0 aromatic heterocycles. The molecule has 1 aliphatic carbocycles. The molecular weight excluding hydrogens is 212 g/mol. The summed E-state index contributed by atoms with van der Waals surface area (Å²) >= 11 is 0. The molecule has 2 aliphatic rings. The molecule has 1 saturated carbocycles. The molecule has 1 saturated heterocycles. The predicted molar refractivity (Wildman–Crippen MR) is 68.4 cm³/mol. The molecule has 1 unspecified atom stereocenters. The number of hydrogen-bond donors (Lipinski definition) is 1. The van der Waals surface area contributed by atoms with E-state index in [2.05, 4.69) is 22.9 Å². The lowest BCUT2D eigenvalue weighted by atomic mass is 9.70. The summed E-state index contributed by atoms with van der Waals surface area (Å²) in [6.45, 7) is 4.86. The second-order valence-corrected chi connectivity index (χ2v) is 5.61. The highest BCUT2D eigenvalue weighted by molar-refractivity contribution is 5.78. The van der Waals surface area contributed by atoms with Crippen LogP contribution in [-0.4, -0.2) is 30.5 Å². The number of nitriles is 1. The van der Waals surface area contributed by atoms with Gasteiger partial charge in [0.1, 0.15) is 0 Å². The maximum absolute atomic E-state index is 9.13. The maximum Gasteiger partial charge on any atom is 0.191 e. The Morgan fingerprint density at radius 1 is 1.53 bits per heavy atom. The number of piperidine rings is 1. The Kier molecular flexibility index (Phi) is 3.56. The molecule has 2 rings (SSSR count). The van der Waals surface area contributed by atoms with Crippen molar-refractivity contribution in [2.75, 3.05) is 19.6 Å². The van der Waals surface area contributed by atoms with Crippen LogP contribution in [0.5, 0.6) is 0 Å². The number of nitrogens with zero attached hydrogens (tertiary/aromatic N) is 3. The largest absolute Gasteiger partial charge is 0.370 e. The van der Waals surface area contributed by atoms with Crippen LogP contribution < -0.4 is 5.73 Å². The molecule has 17 heavy (non-hydrogen) atoms. The van der Waals surface area contributed by atoms with E-state index in [9.17, 15) is 0 Å². The van der Waals surface area contributed by atoms with Gasteiger partial charge in [0.25, 0.3) is 0 Å². The lowest BCUT2D eigenvalue weighted by Crippen LogP contribution is -2.44. The number of hydrogen-bond acceptors (Lipinski definition) is 2. The number of likely N-dealkylation sites (tertiary alicyclic amines) is 1. The second kappa shape index (κ2) is 4.95. The quantitative estimate of drug-likeness (QED) is 0.584. The highest BCUT2D eigenvalue weighted by atomic mass is 15.3. The minimum absolute atomic E-state index is 0.202. The summed E-state index contributed by atoms with van der Waals surface area (Å²) in [5.41, 5.74) is 5.82. The second-order valence-electron chi connectivity index (χ2n) is 5.61. The van der Waals surface area contributed by atoms with Crippen LogP contribution in [0.2, 0.25) is 0 Å². The Labute approximate surface area is 103 Å². The zero-order chi connectivity index (χ0) is 12.3. The summed E-state index contributed by atoms with van der Waals surface area (Å²) in [6, 6.07) is 2.40. The molecule has 2 fully saturated rings. The fourth-order valence-corrected chi connectivity index (χ4v) is 2.64. The molecule has 1 heterocycles. The summed E-state index contributed by atoms with van der Waals surface area (Å²) in [4.78, 5) is 6.61. The molecule has 1 aliphatic heterocycles. The zero-order valence-electron chi connectivity index (χ0n) is 10.7. The molecule has 4 nitrogen and oxygen atoms in total. The van der Waals surface area contributed by atoms with Crippen molar-refractivity contribution in [3.63, 3.8) is 0 Å². The fourth-order valence-electron chi connectivity index (χ4n) is 2.64. The van der Waals surface area contributed by atoms with Gasteiger partial charge in [0.2, 0.25) is 0 Å². The lowest BCUT2D eigenvalue weighted by Gasteiger charge is -2.35. The van der Waals surface area contributed by atoms with Gasteiger partial charge >= 0.3 is 0 Å². The highest BCUT2D eigenvalue weighted by Crippen LogP contribution is 2.40. The molecule has 1 atom stereocenters. The van der Waals surface area contributed by atoms with Gasteiger partial charge in [-0.1, -0.05) is 13.3 Å². The SMILES string of the molecule is CC1CCCN(C(N)=NCC2(C#N)CCC2)C1. The minimum Gasteiger partial charge on any atom is -0.370 e. The molecule has 0 amide bonds. The van der Waals surface area contributed by atoms with Crippen molar-refractivity contribution in [1.82, 2.24) is 4.90 Å². The summed E-state index contributed by atoms with van der Waals surface area (Å²) in [7, 11) is 0. The van der Waals surface area contributed by atoms with Crippen LogP contribution >= 0.6 is 0 Å². The van der Waals surface area contributed by atoms with Crippen LogP contribution in [0.15, 0.2) is 4.99 Å². The lowest BCUT2D eigenvalue weighted by molar-refractivity contribution is 0.223. The van der Waals surface area contributed by atoms with E-state index >= 15 is 0 Å². The molecule has 4 heteroatoms. The Morgan fingerprint density at radius 3 is 2.82 bits per heavy atom. The number of nitrogens with two attached hydrogens (primary N) is 1. The van der Waals surface area contributed by atoms with Crippen LogP contribution in [0.4, 0.5) is 0 Å². The number of aliphatic imine (C=N–C) groups is 1. The average molecular weight is 234 g/mol. The number of guanidine groups is 1. The van der Waals surface area contributed by atoms with Gasteiger partial charge in [0.05, 0.1) is 18.0 Å². The first-order chi connectivity index (χ1) is 8.15. The zero-order valence-corrected chi connectivity index (χ0v) is 10.7. The monoisotopic (exact) mass is 234 g/mol. The molecule has 0 spiro atoms. The third-order valence-electron chi connectivity index (χ3n) is 4.07. The van der Waals surface area contributed by atoms with Crippen LogP contribution in [0.3, 0.4) is 0 Å². The summed E-state index contributed by atoms with van der Waals surface area (Å²) in [5, 5.41) is 9.13. The van der Waals surface area contributed by atoms with Crippen molar-refractivity contribution in [3.8, 4) is 6.07 Å².